The van der Waals surface area contributed by atoms with Gasteiger partial charge in [-0.2, -0.15) is 13.2 Å². The fourth-order valence-electron chi connectivity index (χ4n) is 1.32. The number of carboxylic acids is 1. The van der Waals surface area contributed by atoms with Gasteiger partial charge >= 0.3 is 12.1 Å². The van der Waals surface area contributed by atoms with Gasteiger partial charge in [0, 0.05) is 12.7 Å². The Labute approximate surface area is 106 Å². The highest BCUT2D eigenvalue weighted by molar-refractivity contribution is 6.33. The van der Waals surface area contributed by atoms with E-state index >= 15 is 0 Å². The maximum atomic E-state index is 12.4. The van der Waals surface area contributed by atoms with Gasteiger partial charge in [0.05, 0.1) is 10.6 Å². The first-order valence-electron chi connectivity index (χ1n) is 4.95. The summed E-state index contributed by atoms with van der Waals surface area (Å²) in [6, 6.07) is 0.731. The molecule has 0 spiro atoms. The molecule has 0 bridgehead atoms. The van der Waals surface area contributed by atoms with Crippen molar-refractivity contribution >= 4 is 23.4 Å². The Morgan fingerprint density at radius 3 is 2.56 bits per heavy atom. The van der Waals surface area contributed by atoms with Crippen LogP contribution < -0.4 is 4.90 Å². The number of carboxylic acid groups (broad SMARTS) is 1. The first-order chi connectivity index (χ1) is 8.25. The zero-order chi connectivity index (χ0) is 13.9. The molecule has 4 nitrogen and oxygen atoms in total. The number of hydrogen-bond acceptors (Lipinski definition) is 3. The lowest BCUT2D eigenvalue weighted by atomic mass is 10.2. The summed E-state index contributed by atoms with van der Waals surface area (Å²) < 4.78 is 37.2. The SMILES string of the molecule is CCN(CC(=O)O)c1ncc(C(F)(F)F)cc1Cl. The third-order valence-corrected chi connectivity index (χ3v) is 2.43. The monoisotopic (exact) mass is 282 g/mol. The fraction of sp³-hybridized carbons (Fsp3) is 0.400. The molecule has 0 saturated heterocycles. The highest BCUT2D eigenvalue weighted by atomic mass is 35.5. The quantitative estimate of drug-likeness (QED) is 0.922. The maximum Gasteiger partial charge on any atom is 0.417 e. The summed E-state index contributed by atoms with van der Waals surface area (Å²) in [5, 5.41) is 8.43. The number of alkyl halides is 3. The number of aliphatic carboxylic acids is 1. The molecule has 0 fully saturated rings. The number of likely N-dealkylation sites (N-methyl/N-ethyl adjacent to an activating group) is 1. The van der Waals surface area contributed by atoms with Crippen LogP contribution in [0.5, 0.6) is 0 Å². The van der Waals surface area contributed by atoms with Gasteiger partial charge in [-0.1, -0.05) is 11.6 Å². The van der Waals surface area contributed by atoms with Crippen LogP contribution in [0, 0.1) is 0 Å². The molecule has 0 saturated carbocycles. The van der Waals surface area contributed by atoms with Crippen molar-refractivity contribution in [2.45, 2.75) is 13.1 Å². The summed E-state index contributed by atoms with van der Waals surface area (Å²) in [5.41, 5.74) is -0.970. The van der Waals surface area contributed by atoms with E-state index in [-0.39, 0.29) is 23.9 Å². The van der Waals surface area contributed by atoms with Crippen molar-refractivity contribution < 1.29 is 23.1 Å². The van der Waals surface area contributed by atoms with Crippen molar-refractivity contribution in [3.63, 3.8) is 0 Å². The van der Waals surface area contributed by atoms with Crippen LogP contribution in [0.15, 0.2) is 12.3 Å². The molecule has 8 heteroatoms. The molecular formula is C10H10ClF3N2O2. The van der Waals surface area contributed by atoms with E-state index in [1.807, 2.05) is 0 Å². The largest absolute Gasteiger partial charge is 0.480 e. The fourth-order valence-corrected chi connectivity index (χ4v) is 1.60. The van der Waals surface area contributed by atoms with Crippen LogP contribution in [0.25, 0.3) is 0 Å². The molecule has 18 heavy (non-hydrogen) atoms. The molecule has 0 atom stereocenters. The summed E-state index contributed by atoms with van der Waals surface area (Å²) in [7, 11) is 0. The Morgan fingerprint density at radius 2 is 2.17 bits per heavy atom. The molecule has 100 valence electrons. The van der Waals surface area contributed by atoms with E-state index in [4.69, 9.17) is 16.7 Å². The number of hydrogen-bond donors (Lipinski definition) is 1. The van der Waals surface area contributed by atoms with Crippen molar-refractivity contribution in [1.82, 2.24) is 4.98 Å². The molecule has 0 aromatic carbocycles. The number of carbonyl (C=O) groups is 1. The second kappa shape index (κ2) is 5.43. The predicted octanol–water partition coefficient (Wildman–Crippen LogP) is 2.66. The molecule has 0 aliphatic rings. The number of halogens is 4. The second-order valence-corrected chi connectivity index (χ2v) is 3.84. The summed E-state index contributed by atoms with van der Waals surface area (Å²) >= 11 is 5.70. The zero-order valence-electron chi connectivity index (χ0n) is 9.33. The second-order valence-electron chi connectivity index (χ2n) is 3.44. The maximum absolute atomic E-state index is 12.4. The van der Waals surface area contributed by atoms with Crippen molar-refractivity contribution in [3.05, 3.63) is 22.8 Å². The van der Waals surface area contributed by atoms with Gasteiger partial charge in [0.15, 0.2) is 0 Å². The van der Waals surface area contributed by atoms with Crippen molar-refractivity contribution in [2.24, 2.45) is 0 Å². The molecule has 0 aliphatic carbocycles. The van der Waals surface area contributed by atoms with Crippen LogP contribution in [0.1, 0.15) is 12.5 Å². The Kier molecular flexibility index (Phi) is 4.39. The zero-order valence-corrected chi connectivity index (χ0v) is 10.1. The summed E-state index contributed by atoms with van der Waals surface area (Å²) in [4.78, 5) is 15.4. The van der Waals surface area contributed by atoms with Gasteiger partial charge in [0.25, 0.3) is 0 Å². The number of anilines is 1. The molecule has 0 aliphatic heterocycles. The van der Waals surface area contributed by atoms with E-state index < -0.39 is 17.7 Å². The summed E-state index contributed by atoms with van der Waals surface area (Å²) in [6.45, 7) is 1.54. The number of rotatable bonds is 4. The van der Waals surface area contributed by atoms with E-state index in [1.54, 1.807) is 6.92 Å². The Hall–Kier alpha value is -1.50. The van der Waals surface area contributed by atoms with Crippen LogP contribution in [0.4, 0.5) is 19.0 Å². The Bertz CT molecular complexity index is 451. The van der Waals surface area contributed by atoms with Crippen LogP contribution in [0.2, 0.25) is 5.02 Å². The van der Waals surface area contributed by atoms with E-state index in [0.29, 0.717) is 6.20 Å². The van der Waals surface area contributed by atoms with E-state index in [2.05, 4.69) is 4.98 Å². The molecule has 1 N–H and O–H groups in total. The normalized spacial score (nSPS) is 11.4. The number of pyridine rings is 1. The minimum Gasteiger partial charge on any atom is -0.480 e. The molecule has 1 rings (SSSR count). The summed E-state index contributed by atoms with van der Waals surface area (Å²) in [6.07, 6.45) is -3.90. The van der Waals surface area contributed by atoms with Crippen molar-refractivity contribution in [2.75, 3.05) is 18.0 Å². The van der Waals surface area contributed by atoms with Crippen LogP contribution in [0.3, 0.4) is 0 Å². The molecule has 1 aromatic heterocycles. The summed E-state index contributed by atoms with van der Waals surface area (Å²) in [5.74, 6) is -1.09. The van der Waals surface area contributed by atoms with Crippen LogP contribution in [-0.2, 0) is 11.0 Å². The Morgan fingerprint density at radius 1 is 1.56 bits per heavy atom. The third kappa shape index (κ3) is 3.49. The predicted molar refractivity (Wildman–Crippen MR) is 59.8 cm³/mol. The molecule has 0 unspecified atom stereocenters. The highest BCUT2D eigenvalue weighted by Crippen LogP contribution is 2.33. The van der Waals surface area contributed by atoms with E-state index in [0.717, 1.165) is 6.07 Å². The molecule has 0 radical (unpaired) electrons. The van der Waals surface area contributed by atoms with Gasteiger partial charge in [-0.3, -0.25) is 4.79 Å². The van der Waals surface area contributed by atoms with Crippen LogP contribution >= 0.6 is 11.6 Å². The lowest BCUT2D eigenvalue weighted by Gasteiger charge is -2.21. The first-order valence-corrected chi connectivity index (χ1v) is 5.33. The van der Waals surface area contributed by atoms with Gasteiger partial charge in [0.1, 0.15) is 12.4 Å². The molecule has 1 heterocycles. The topological polar surface area (TPSA) is 53.4 Å². The van der Waals surface area contributed by atoms with Crippen LogP contribution in [-0.4, -0.2) is 29.1 Å². The minimum absolute atomic E-state index is 0.0227. The smallest absolute Gasteiger partial charge is 0.417 e. The number of aromatic nitrogens is 1. The Balaban J connectivity index is 3.07. The average Bonchev–Trinajstić information content (AvgIpc) is 2.24. The van der Waals surface area contributed by atoms with Gasteiger partial charge in [0.2, 0.25) is 0 Å². The van der Waals surface area contributed by atoms with Gasteiger partial charge in [-0.15, -0.1) is 0 Å². The van der Waals surface area contributed by atoms with Gasteiger partial charge in [-0.05, 0) is 13.0 Å². The van der Waals surface area contributed by atoms with Gasteiger partial charge in [-0.25, -0.2) is 4.98 Å². The third-order valence-electron chi connectivity index (χ3n) is 2.16. The van der Waals surface area contributed by atoms with Crippen molar-refractivity contribution in [1.29, 1.82) is 0 Å². The standard InChI is InChI=1S/C10H10ClF3N2O2/c1-2-16(5-8(17)18)9-7(11)3-6(4-15-9)10(12,13)14/h3-4H,2,5H2,1H3,(H,17,18). The lowest BCUT2D eigenvalue weighted by Crippen LogP contribution is -2.30. The average molecular weight is 283 g/mol. The van der Waals surface area contributed by atoms with Crippen molar-refractivity contribution in [3.8, 4) is 0 Å². The van der Waals surface area contributed by atoms with E-state index in [1.165, 1.54) is 4.90 Å². The van der Waals surface area contributed by atoms with E-state index in [9.17, 15) is 18.0 Å². The number of nitrogens with zero attached hydrogens (tertiary/aromatic N) is 2. The highest BCUT2D eigenvalue weighted by Gasteiger charge is 2.32. The minimum atomic E-state index is -4.53. The molecular weight excluding hydrogens is 273 g/mol. The lowest BCUT2D eigenvalue weighted by molar-refractivity contribution is -0.138. The first kappa shape index (κ1) is 14.6. The molecule has 0 amide bonds. The van der Waals surface area contributed by atoms with Gasteiger partial charge < -0.3 is 10.0 Å². The molecule has 1 aromatic rings.